The highest BCUT2D eigenvalue weighted by Crippen LogP contribution is 2.23. The van der Waals surface area contributed by atoms with Gasteiger partial charge in [-0.2, -0.15) is 0 Å². The molecular weight excluding hydrogens is 162 g/mol. The SMILES string of the molecule is CCC(C)(O)CNCC1CCCC1. The first-order chi connectivity index (χ1) is 6.14. The molecule has 0 aromatic heterocycles. The van der Waals surface area contributed by atoms with Crippen LogP contribution in [0.3, 0.4) is 0 Å². The van der Waals surface area contributed by atoms with Gasteiger partial charge in [0.2, 0.25) is 0 Å². The van der Waals surface area contributed by atoms with E-state index in [0.717, 1.165) is 25.4 Å². The van der Waals surface area contributed by atoms with Gasteiger partial charge in [-0.25, -0.2) is 0 Å². The van der Waals surface area contributed by atoms with E-state index in [0.29, 0.717) is 0 Å². The number of nitrogens with one attached hydrogen (secondary N) is 1. The topological polar surface area (TPSA) is 32.3 Å². The zero-order chi connectivity index (χ0) is 9.73. The number of hydrogen-bond acceptors (Lipinski definition) is 2. The average molecular weight is 185 g/mol. The Morgan fingerprint density at radius 1 is 1.38 bits per heavy atom. The fraction of sp³-hybridized carbons (Fsp3) is 1.00. The van der Waals surface area contributed by atoms with Gasteiger partial charge in [-0.3, -0.25) is 0 Å². The average Bonchev–Trinajstić information content (AvgIpc) is 2.57. The summed E-state index contributed by atoms with van der Waals surface area (Å²) in [7, 11) is 0. The van der Waals surface area contributed by atoms with Gasteiger partial charge in [0.15, 0.2) is 0 Å². The highest BCUT2D eigenvalue weighted by Gasteiger charge is 2.19. The molecule has 0 aromatic carbocycles. The van der Waals surface area contributed by atoms with Crippen LogP contribution in [0.25, 0.3) is 0 Å². The standard InChI is InChI=1S/C11H23NO/c1-3-11(2,13)9-12-8-10-6-4-5-7-10/h10,12-13H,3-9H2,1-2H3. The summed E-state index contributed by atoms with van der Waals surface area (Å²) >= 11 is 0. The van der Waals surface area contributed by atoms with E-state index < -0.39 is 5.60 Å². The van der Waals surface area contributed by atoms with E-state index in [1.807, 2.05) is 13.8 Å². The van der Waals surface area contributed by atoms with Crippen molar-refractivity contribution >= 4 is 0 Å². The van der Waals surface area contributed by atoms with Crippen molar-refractivity contribution in [3.63, 3.8) is 0 Å². The van der Waals surface area contributed by atoms with Crippen LogP contribution in [0.4, 0.5) is 0 Å². The molecule has 1 fully saturated rings. The smallest absolute Gasteiger partial charge is 0.0740 e. The zero-order valence-corrected chi connectivity index (χ0v) is 8.97. The third kappa shape index (κ3) is 4.10. The van der Waals surface area contributed by atoms with Crippen LogP contribution in [0, 0.1) is 5.92 Å². The maximum atomic E-state index is 9.73. The monoisotopic (exact) mass is 185 g/mol. The van der Waals surface area contributed by atoms with Crippen molar-refractivity contribution in [3.8, 4) is 0 Å². The molecule has 0 spiro atoms. The van der Waals surface area contributed by atoms with Crippen LogP contribution >= 0.6 is 0 Å². The van der Waals surface area contributed by atoms with Crippen LogP contribution in [0.15, 0.2) is 0 Å². The molecule has 1 saturated carbocycles. The van der Waals surface area contributed by atoms with Crippen molar-refractivity contribution in [2.24, 2.45) is 5.92 Å². The maximum absolute atomic E-state index is 9.73. The summed E-state index contributed by atoms with van der Waals surface area (Å²) in [5.41, 5.74) is -0.515. The predicted octanol–water partition coefficient (Wildman–Crippen LogP) is 1.93. The Balaban J connectivity index is 2.06. The number of hydrogen-bond donors (Lipinski definition) is 2. The van der Waals surface area contributed by atoms with Gasteiger partial charge < -0.3 is 10.4 Å². The lowest BCUT2D eigenvalue weighted by atomic mass is 10.0. The van der Waals surface area contributed by atoms with E-state index in [9.17, 15) is 5.11 Å². The Bertz CT molecular complexity index is 139. The largest absolute Gasteiger partial charge is 0.389 e. The minimum atomic E-state index is -0.515. The highest BCUT2D eigenvalue weighted by atomic mass is 16.3. The molecule has 0 heterocycles. The second kappa shape index (κ2) is 4.97. The minimum absolute atomic E-state index is 0.515. The molecule has 0 saturated heterocycles. The molecule has 2 heteroatoms. The molecule has 0 aliphatic heterocycles. The summed E-state index contributed by atoms with van der Waals surface area (Å²) in [5.74, 6) is 0.868. The Labute approximate surface area is 81.7 Å². The van der Waals surface area contributed by atoms with Crippen LogP contribution in [0.1, 0.15) is 46.0 Å². The number of aliphatic hydroxyl groups is 1. The highest BCUT2D eigenvalue weighted by molar-refractivity contribution is 4.75. The third-order valence-electron chi connectivity index (χ3n) is 3.18. The van der Waals surface area contributed by atoms with E-state index in [4.69, 9.17) is 0 Å². The second-order valence-electron chi connectivity index (χ2n) is 4.63. The van der Waals surface area contributed by atoms with Crippen LogP contribution in [0.5, 0.6) is 0 Å². The molecule has 2 N–H and O–H groups in total. The van der Waals surface area contributed by atoms with Gasteiger partial charge in [-0.15, -0.1) is 0 Å². The second-order valence-corrected chi connectivity index (χ2v) is 4.63. The van der Waals surface area contributed by atoms with Gasteiger partial charge in [-0.05, 0) is 38.6 Å². The summed E-state index contributed by atoms with van der Waals surface area (Å²) < 4.78 is 0. The molecule has 0 aromatic rings. The van der Waals surface area contributed by atoms with E-state index in [-0.39, 0.29) is 0 Å². The fourth-order valence-corrected chi connectivity index (χ4v) is 1.89. The van der Waals surface area contributed by atoms with Crippen molar-refractivity contribution in [2.45, 2.75) is 51.6 Å². The quantitative estimate of drug-likeness (QED) is 0.686. The molecule has 0 amide bonds. The normalized spacial score (nSPS) is 23.3. The van der Waals surface area contributed by atoms with E-state index in [1.165, 1.54) is 25.7 Å². The molecule has 0 radical (unpaired) electrons. The molecule has 0 bridgehead atoms. The van der Waals surface area contributed by atoms with Crippen LogP contribution < -0.4 is 5.32 Å². The Hall–Kier alpha value is -0.0800. The fourth-order valence-electron chi connectivity index (χ4n) is 1.89. The first-order valence-electron chi connectivity index (χ1n) is 5.57. The molecule has 1 atom stereocenters. The maximum Gasteiger partial charge on any atom is 0.0740 e. The molecule has 2 nitrogen and oxygen atoms in total. The van der Waals surface area contributed by atoms with Gasteiger partial charge in [0.25, 0.3) is 0 Å². The third-order valence-corrected chi connectivity index (χ3v) is 3.18. The Kier molecular flexibility index (Phi) is 4.20. The summed E-state index contributed by atoms with van der Waals surface area (Å²) in [6, 6.07) is 0. The molecular formula is C11H23NO. The van der Waals surface area contributed by atoms with Crippen molar-refractivity contribution in [1.29, 1.82) is 0 Å². The molecule has 1 rings (SSSR count). The van der Waals surface area contributed by atoms with Crippen molar-refractivity contribution < 1.29 is 5.11 Å². The van der Waals surface area contributed by atoms with E-state index >= 15 is 0 Å². The summed E-state index contributed by atoms with van der Waals surface area (Å²) in [6.07, 6.45) is 6.38. The first-order valence-corrected chi connectivity index (χ1v) is 5.57. The lowest BCUT2D eigenvalue weighted by Gasteiger charge is -2.22. The van der Waals surface area contributed by atoms with Gasteiger partial charge in [0.05, 0.1) is 5.60 Å². The molecule has 13 heavy (non-hydrogen) atoms. The van der Waals surface area contributed by atoms with Crippen molar-refractivity contribution in [3.05, 3.63) is 0 Å². The molecule has 1 unspecified atom stereocenters. The van der Waals surface area contributed by atoms with E-state index in [1.54, 1.807) is 0 Å². The molecule has 1 aliphatic rings. The molecule has 78 valence electrons. The van der Waals surface area contributed by atoms with Gasteiger partial charge in [-0.1, -0.05) is 19.8 Å². The molecule has 1 aliphatic carbocycles. The predicted molar refractivity (Wildman–Crippen MR) is 55.7 cm³/mol. The van der Waals surface area contributed by atoms with E-state index in [2.05, 4.69) is 5.32 Å². The van der Waals surface area contributed by atoms with Crippen LogP contribution in [-0.4, -0.2) is 23.8 Å². The van der Waals surface area contributed by atoms with Crippen molar-refractivity contribution in [2.75, 3.05) is 13.1 Å². The summed E-state index contributed by atoms with van der Waals surface area (Å²) in [4.78, 5) is 0. The number of rotatable bonds is 5. The Morgan fingerprint density at radius 2 is 2.00 bits per heavy atom. The summed E-state index contributed by atoms with van der Waals surface area (Å²) in [6.45, 7) is 5.75. The zero-order valence-electron chi connectivity index (χ0n) is 8.97. The lowest BCUT2D eigenvalue weighted by Crippen LogP contribution is -2.38. The van der Waals surface area contributed by atoms with Gasteiger partial charge in [0.1, 0.15) is 0 Å². The lowest BCUT2D eigenvalue weighted by molar-refractivity contribution is 0.0550. The minimum Gasteiger partial charge on any atom is -0.389 e. The van der Waals surface area contributed by atoms with Gasteiger partial charge >= 0.3 is 0 Å². The van der Waals surface area contributed by atoms with Crippen molar-refractivity contribution in [1.82, 2.24) is 5.32 Å². The first kappa shape index (κ1) is 11.0. The van der Waals surface area contributed by atoms with Crippen LogP contribution in [-0.2, 0) is 0 Å². The Morgan fingerprint density at radius 3 is 2.54 bits per heavy atom. The van der Waals surface area contributed by atoms with Crippen LogP contribution in [0.2, 0.25) is 0 Å². The summed E-state index contributed by atoms with van der Waals surface area (Å²) in [5, 5.41) is 13.1. The van der Waals surface area contributed by atoms with Gasteiger partial charge in [0, 0.05) is 6.54 Å².